The van der Waals surface area contributed by atoms with Gasteiger partial charge in [-0.1, -0.05) is 28.1 Å². The minimum absolute atomic E-state index is 0.0954. The zero-order chi connectivity index (χ0) is 13.5. The SMILES string of the molecule is CCOC(=O)CC(C)N[C@@H](C)c1cccc(Br)c1. The van der Waals surface area contributed by atoms with Crippen LogP contribution in [-0.4, -0.2) is 18.6 Å². The highest BCUT2D eigenvalue weighted by molar-refractivity contribution is 9.10. The van der Waals surface area contributed by atoms with Crippen LogP contribution in [0.5, 0.6) is 0 Å². The number of benzene rings is 1. The maximum absolute atomic E-state index is 11.4. The number of hydrogen-bond donors (Lipinski definition) is 1. The second-order valence-electron chi connectivity index (χ2n) is 4.35. The summed E-state index contributed by atoms with van der Waals surface area (Å²) in [6.07, 6.45) is 0.395. The summed E-state index contributed by atoms with van der Waals surface area (Å²) in [4.78, 5) is 11.4. The molecule has 0 aromatic heterocycles. The number of ether oxygens (including phenoxy) is 1. The molecule has 0 spiro atoms. The van der Waals surface area contributed by atoms with E-state index in [0.29, 0.717) is 13.0 Å². The lowest BCUT2D eigenvalue weighted by atomic mass is 10.1. The van der Waals surface area contributed by atoms with E-state index in [9.17, 15) is 4.79 Å². The van der Waals surface area contributed by atoms with Crippen molar-refractivity contribution >= 4 is 21.9 Å². The monoisotopic (exact) mass is 313 g/mol. The van der Waals surface area contributed by atoms with Crippen molar-refractivity contribution < 1.29 is 9.53 Å². The van der Waals surface area contributed by atoms with Gasteiger partial charge in [0.25, 0.3) is 0 Å². The van der Waals surface area contributed by atoms with Crippen LogP contribution in [0.2, 0.25) is 0 Å². The summed E-state index contributed by atoms with van der Waals surface area (Å²) >= 11 is 3.46. The van der Waals surface area contributed by atoms with Gasteiger partial charge >= 0.3 is 5.97 Å². The third-order valence-corrected chi connectivity index (χ3v) is 3.15. The Labute approximate surface area is 117 Å². The standard InChI is InChI=1S/C14H20BrNO2/c1-4-18-14(17)8-10(2)16-11(3)12-6-5-7-13(15)9-12/h5-7,9-11,16H,4,8H2,1-3H3/t10?,11-/m0/s1. The topological polar surface area (TPSA) is 38.3 Å². The number of carbonyl (C=O) groups is 1. The second kappa shape index (κ2) is 7.54. The van der Waals surface area contributed by atoms with Crippen molar-refractivity contribution in [2.45, 2.75) is 39.3 Å². The molecule has 0 bridgehead atoms. The Morgan fingerprint density at radius 3 is 2.78 bits per heavy atom. The van der Waals surface area contributed by atoms with Crippen molar-refractivity contribution in [3.05, 3.63) is 34.3 Å². The van der Waals surface area contributed by atoms with Gasteiger partial charge < -0.3 is 10.1 Å². The predicted molar refractivity (Wildman–Crippen MR) is 76.4 cm³/mol. The normalized spacial score (nSPS) is 14.0. The van der Waals surface area contributed by atoms with Crippen molar-refractivity contribution in [3.8, 4) is 0 Å². The molecule has 0 saturated carbocycles. The van der Waals surface area contributed by atoms with Crippen molar-refractivity contribution in [1.29, 1.82) is 0 Å². The van der Waals surface area contributed by atoms with E-state index in [4.69, 9.17) is 4.74 Å². The van der Waals surface area contributed by atoms with Gasteiger partial charge in [0.15, 0.2) is 0 Å². The Hall–Kier alpha value is -0.870. The molecule has 1 aromatic carbocycles. The van der Waals surface area contributed by atoms with Crippen LogP contribution in [0, 0.1) is 0 Å². The van der Waals surface area contributed by atoms with Crippen LogP contribution < -0.4 is 5.32 Å². The van der Waals surface area contributed by atoms with Gasteiger partial charge in [-0.25, -0.2) is 0 Å². The molecular formula is C14H20BrNO2. The third-order valence-electron chi connectivity index (χ3n) is 2.66. The minimum Gasteiger partial charge on any atom is -0.466 e. The van der Waals surface area contributed by atoms with Gasteiger partial charge in [-0.05, 0) is 38.5 Å². The first kappa shape index (κ1) is 15.2. The van der Waals surface area contributed by atoms with Crippen molar-refractivity contribution in [2.24, 2.45) is 0 Å². The molecule has 1 unspecified atom stereocenters. The minimum atomic E-state index is -0.154. The van der Waals surface area contributed by atoms with E-state index in [1.807, 2.05) is 26.0 Å². The van der Waals surface area contributed by atoms with Crippen molar-refractivity contribution in [1.82, 2.24) is 5.32 Å². The summed E-state index contributed by atoms with van der Waals surface area (Å²) in [7, 11) is 0. The molecule has 1 aromatic rings. The van der Waals surface area contributed by atoms with Gasteiger partial charge in [-0.2, -0.15) is 0 Å². The molecule has 2 atom stereocenters. The molecule has 1 N–H and O–H groups in total. The molecule has 0 heterocycles. The molecule has 0 aliphatic carbocycles. The highest BCUT2D eigenvalue weighted by Gasteiger charge is 2.13. The van der Waals surface area contributed by atoms with E-state index in [-0.39, 0.29) is 18.1 Å². The van der Waals surface area contributed by atoms with E-state index in [1.54, 1.807) is 0 Å². The second-order valence-corrected chi connectivity index (χ2v) is 5.27. The molecule has 3 nitrogen and oxygen atoms in total. The lowest BCUT2D eigenvalue weighted by molar-refractivity contribution is -0.143. The van der Waals surface area contributed by atoms with Crippen LogP contribution in [0.15, 0.2) is 28.7 Å². The zero-order valence-electron chi connectivity index (χ0n) is 11.1. The van der Waals surface area contributed by atoms with Gasteiger partial charge in [0.05, 0.1) is 13.0 Å². The van der Waals surface area contributed by atoms with E-state index in [0.717, 1.165) is 4.47 Å². The first-order chi connectivity index (χ1) is 8.52. The predicted octanol–water partition coefficient (Wildman–Crippen LogP) is 3.44. The molecule has 0 amide bonds. The first-order valence-corrected chi connectivity index (χ1v) is 6.99. The Balaban J connectivity index is 2.49. The molecule has 18 heavy (non-hydrogen) atoms. The Morgan fingerprint density at radius 2 is 2.17 bits per heavy atom. The Kier molecular flexibility index (Phi) is 6.36. The summed E-state index contributed by atoms with van der Waals surface area (Å²) in [6.45, 7) is 6.34. The average Bonchev–Trinajstić information content (AvgIpc) is 2.28. The number of nitrogens with one attached hydrogen (secondary N) is 1. The lowest BCUT2D eigenvalue weighted by Crippen LogP contribution is -2.31. The first-order valence-electron chi connectivity index (χ1n) is 6.20. The summed E-state index contributed by atoms with van der Waals surface area (Å²) < 4.78 is 5.99. The zero-order valence-corrected chi connectivity index (χ0v) is 12.7. The average molecular weight is 314 g/mol. The van der Waals surface area contributed by atoms with Crippen LogP contribution in [0.25, 0.3) is 0 Å². The summed E-state index contributed by atoms with van der Waals surface area (Å²) in [5.41, 5.74) is 1.19. The molecule has 0 radical (unpaired) electrons. The highest BCUT2D eigenvalue weighted by Crippen LogP contribution is 2.18. The van der Waals surface area contributed by atoms with Crippen molar-refractivity contribution in [2.75, 3.05) is 6.61 Å². The van der Waals surface area contributed by atoms with Gasteiger partial charge in [-0.3, -0.25) is 4.79 Å². The smallest absolute Gasteiger partial charge is 0.307 e. The molecule has 0 aliphatic rings. The molecule has 0 saturated heterocycles. The Bertz CT molecular complexity index is 395. The Morgan fingerprint density at radius 1 is 1.44 bits per heavy atom. The van der Waals surface area contributed by atoms with Gasteiger partial charge in [0.2, 0.25) is 0 Å². The van der Waals surface area contributed by atoms with E-state index in [2.05, 4.69) is 40.3 Å². The largest absolute Gasteiger partial charge is 0.466 e. The van der Waals surface area contributed by atoms with Gasteiger partial charge in [-0.15, -0.1) is 0 Å². The molecule has 0 aliphatic heterocycles. The van der Waals surface area contributed by atoms with E-state index >= 15 is 0 Å². The van der Waals surface area contributed by atoms with Crippen LogP contribution in [-0.2, 0) is 9.53 Å². The summed E-state index contributed by atoms with van der Waals surface area (Å²) in [5, 5.41) is 3.39. The third kappa shape index (κ3) is 5.19. The quantitative estimate of drug-likeness (QED) is 0.818. The molecular weight excluding hydrogens is 294 g/mol. The molecule has 1 rings (SSSR count). The van der Waals surface area contributed by atoms with E-state index in [1.165, 1.54) is 5.56 Å². The van der Waals surface area contributed by atoms with Crippen molar-refractivity contribution in [3.63, 3.8) is 0 Å². The molecule has 100 valence electrons. The summed E-state index contributed by atoms with van der Waals surface area (Å²) in [5.74, 6) is -0.154. The summed E-state index contributed by atoms with van der Waals surface area (Å²) in [6, 6.07) is 8.45. The number of carbonyl (C=O) groups excluding carboxylic acids is 1. The maximum atomic E-state index is 11.4. The number of rotatable bonds is 6. The number of esters is 1. The van der Waals surface area contributed by atoms with Crippen LogP contribution in [0.3, 0.4) is 0 Å². The fraction of sp³-hybridized carbons (Fsp3) is 0.500. The van der Waals surface area contributed by atoms with Crippen LogP contribution in [0.1, 0.15) is 38.8 Å². The maximum Gasteiger partial charge on any atom is 0.307 e. The fourth-order valence-corrected chi connectivity index (χ4v) is 2.24. The molecule has 4 heteroatoms. The highest BCUT2D eigenvalue weighted by atomic mass is 79.9. The van der Waals surface area contributed by atoms with E-state index < -0.39 is 0 Å². The fourth-order valence-electron chi connectivity index (χ4n) is 1.83. The van der Waals surface area contributed by atoms with Crippen LogP contribution >= 0.6 is 15.9 Å². The number of halogens is 1. The van der Waals surface area contributed by atoms with Gasteiger partial charge in [0.1, 0.15) is 0 Å². The number of hydrogen-bond acceptors (Lipinski definition) is 3. The lowest BCUT2D eigenvalue weighted by Gasteiger charge is -2.20. The van der Waals surface area contributed by atoms with Crippen LogP contribution in [0.4, 0.5) is 0 Å². The molecule has 0 fully saturated rings. The van der Waals surface area contributed by atoms with Gasteiger partial charge in [0, 0.05) is 16.6 Å².